The van der Waals surface area contributed by atoms with E-state index >= 15 is 0 Å². The first-order chi connectivity index (χ1) is 24.3. The highest BCUT2D eigenvalue weighted by atomic mass is 32.1. The molecule has 1 atom stereocenters. The SMILES string of the molecule is C1=CC2=C(c3ccccc3)C=C(c3cccc4oc5c(-n6c7ccccc7c7c8sc9ccccc9c8ccc76)cccc5c34)NC2C=C1. The summed E-state index contributed by atoms with van der Waals surface area (Å²) in [5, 5.41) is 11.3. The zero-order chi connectivity index (χ0) is 32.1. The molecular weight excluding hydrogens is 617 g/mol. The molecular formula is C45H28N2OS. The summed E-state index contributed by atoms with van der Waals surface area (Å²) in [6, 6.07) is 45.9. The Morgan fingerprint density at radius 3 is 2.39 bits per heavy atom. The predicted octanol–water partition coefficient (Wildman–Crippen LogP) is 11.9. The van der Waals surface area contributed by atoms with Gasteiger partial charge in [-0.25, -0.2) is 0 Å². The zero-order valence-electron chi connectivity index (χ0n) is 26.4. The van der Waals surface area contributed by atoms with Crippen LogP contribution in [-0.4, -0.2) is 10.6 Å². The monoisotopic (exact) mass is 644 g/mol. The van der Waals surface area contributed by atoms with E-state index < -0.39 is 0 Å². The molecule has 0 bridgehead atoms. The Labute approximate surface area is 286 Å². The number of nitrogens with one attached hydrogen (secondary N) is 1. The van der Waals surface area contributed by atoms with Crippen LogP contribution in [0.1, 0.15) is 11.1 Å². The van der Waals surface area contributed by atoms with Gasteiger partial charge in [0.1, 0.15) is 5.58 Å². The Balaban J connectivity index is 1.17. The molecule has 4 heteroatoms. The summed E-state index contributed by atoms with van der Waals surface area (Å²) in [5.74, 6) is 0. The lowest BCUT2D eigenvalue weighted by molar-refractivity contribution is 0.666. The number of para-hydroxylation sites is 2. The van der Waals surface area contributed by atoms with Gasteiger partial charge in [0.25, 0.3) is 0 Å². The standard InChI is InChI=1S/C45H28N2OS/c1-2-12-27(13-3-1)34-26-36(46-35-19-7-4-14-28(34)35)31-17-11-22-40-42(31)33-18-10-21-39(44(33)48-40)47-37-20-8-5-16-32(37)43-38(47)25-24-30-29-15-6-9-23-41(29)49-45(30)43/h1-26,35,46H. The lowest BCUT2D eigenvalue weighted by Crippen LogP contribution is -2.31. The summed E-state index contributed by atoms with van der Waals surface area (Å²) in [4.78, 5) is 0. The van der Waals surface area contributed by atoms with Crippen LogP contribution in [0, 0.1) is 0 Å². The predicted molar refractivity (Wildman–Crippen MR) is 207 cm³/mol. The molecule has 0 saturated heterocycles. The highest BCUT2D eigenvalue weighted by Gasteiger charge is 2.26. The number of rotatable bonds is 3. The Hall–Kier alpha value is -6.10. The van der Waals surface area contributed by atoms with Gasteiger partial charge in [-0.05, 0) is 53.1 Å². The van der Waals surface area contributed by atoms with Gasteiger partial charge in [0.2, 0.25) is 0 Å². The Bertz CT molecular complexity index is 2960. The Morgan fingerprint density at radius 1 is 0.633 bits per heavy atom. The van der Waals surface area contributed by atoms with E-state index in [-0.39, 0.29) is 6.04 Å². The van der Waals surface area contributed by atoms with Crippen LogP contribution < -0.4 is 5.32 Å². The highest BCUT2D eigenvalue weighted by molar-refractivity contribution is 7.26. The minimum Gasteiger partial charge on any atom is -0.454 e. The molecule has 6 aromatic carbocycles. The first kappa shape index (κ1) is 26.9. The molecule has 2 aliphatic rings. The summed E-state index contributed by atoms with van der Waals surface area (Å²) >= 11 is 1.88. The molecule has 3 nitrogen and oxygen atoms in total. The van der Waals surface area contributed by atoms with Gasteiger partial charge in [0.05, 0.1) is 22.8 Å². The van der Waals surface area contributed by atoms with Crippen LogP contribution in [0.4, 0.5) is 0 Å². The average Bonchev–Trinajstić information content (AvgIpc) is 3.84. The van der Waals surface area contributed by atoms with Crippen molar-refractivity contribution >= 4 is 86.5 Å². The summed E-state index contributed by atoms with van der Waals surface area (Å²) in [6.07, 6.45) is 11.0. The lowest BCUT2D eigenvalue weighted by Gasteiger charge is -2.29. The van der Waals surface area contributed by atoms with Gasteiger partial charge in [0, 0.05) is 53.0 Å². The Morgan fingerprint density at radius 2 is 1.45 bits per heavy atom. The van der Waals surface area contributed by atoms with Crippen LogP contribution >= 0.6 is 11.3 Å². The molecule has 0 amide bonds. The van der Waals surface area contributed by atoms with Crippen LogP contribution in [0.15, 0.2) is 168 Å². The number of hydrogen-bond acceptors (Lipinski definition) is 3. The quantitative estimate of drug-likeness (QED) is 0.207. The summed E-state index contributed by atoms with van der Waals surface area (Å²) in [5.41, 5.74) is 11.1. The first-order valence-electron chi connectivity index (χ1n) is 16.7. The maximum atomic E-state index is 6.88. The third kappa shape index (κ3) is 3.83. The molecule has 0 spiro atoms. The minimum absolute atomic E-state index is 0.0903. The number of dihydropyridines is 1. The van der Waals surface area contributed by atoms with Crippen LogP contribution in [-0.2, 0) is 0 Å². The van der Waals surface area contributed by atoms with E-state index in [1.807, 2.05) is 11.3 Å². The van der Waals surface area contributed by atoms with Crippen LogP contribution in [0.3, 0.4) is 0 Å². The number of aromatic nitrogens is 1. The van der Waals surface area contributed by atoms with Gasteiger partial charge in [-0.15, -0.1) is 11.3 Å². The van der Waals surface area contributed by atoms with E-state index in [9.17, 15) is 0 Å². The van der Waals surface area contributed by atoms with Crippen molar-refractivity contribution in [2.24, 2.45) is 0 Å². The van der Waals surface area contributed by atoms with E-state index in [1.54, 1.807) is 0 Å². The molecule has 0 fully saturated rings. The fourth-order valence-electron chi connectivity index (χ4n) is 8.11. The van der Waals surface area contributed by atoms with Crippen molar-refractivity contribution in [1.29, 1.82) is 0 Å². The number of nitrogens with zero attached hydrogens (tertiary/aromatic N) is 1. The molecule has 11 rings (SSSR count). The summed E-state index contributed by atoms with van der Waals surface area (Å²) < 4.78 is 11.9. The van der Waals surface area contributed by atoms with E-state index in [4.69, 9.17) is 4.42 Å². The van der Waals surface area contributed by atoms with Gasteiger partial charge in [-0.2, -0.15) is 0 Å². The van der Waals surface area contributed by atoms with E-state index in [1.165, 1.54) is 58.7 Å². The van der Waals surface area contributed by atoms with Crippen molar-refractivity contribution < 1.29 is 4.42 Å². The molecule has 4 heterocycles. The first-order valence-corrected chi connectivity index (χ1v) is 17.5. The molecule has 0 saturated carbocycles. The smallest absolute Gasteiger partial charge is 0.159 e. The average molecular weight is 645 g/mol. The van der Waals surface area contributed by atoms with Crippen LogP contribution in [0.25, 0.3) is 80.9 Å². The van der Waals surface area contributed by atoms with E-state index in [0.717, 1.165) is 38.9 Å². The second-order valence-corrected chi connectivity index (χ2v) is 13.9. The molecule has 1 aliphatic carbocycles. The van der Waals surface area contributed by atoms with Crippen molar-refractivity contribution in [2.45, 2.75) is 6.04 Å². The van der Waals surface area contributed by atoms with Gasteiger partial charge < -0.3 is 14.3 Å². The number of benzene rings is 6. The van der Waals surface area contributed by atoms with Gasteiger partial charge in [-0.1, -0.05) is 121 Å². The second-order valence-electron chi connectivity index (χ2n) is 12.9. The molecule has 1 N–H and O–H groups in total. The third-order valence-electron chi connectivity index (χ3n) is 10.2. The number of furan rings is 1. The largest absolute Gasteiger partial charge is 0.454 e. The lowest BCUT2D eigenvalue weighted by atomic mass is 9.87. The van der Waals surface area contributed by atoms with Crippen molar-refractivity contribution in [3.63, 3.8) is 0 Å². The van der Waals surface area contributed by atoms with Gasteiger partial charge in [0.15, 0.2) is 5.58 Å². The van der Waals surface area contributed by atoms with Crippen LogP contribution in [0.2, 0.25) is 0 Å². The van der Waals surface area contributed by atoms with Gasteiger partial charge in [-0.3, -0.25) is 0 Å². The second kappa shape index (κ2) is 10.2. The fourth-order valence-corrected chi connectivity index (χ4v) is 9.37. The summed E-state index contributed by atoms with van der Waals surface area (Å²) in [7, 11) is 0. The molecule has 1 aliphatic heterocycles. The van der Waals surface area contributed by atoms with E-state index in [0.29, 0.717) is 0 Å². The zero-order valence-corrected chi connectivity index (χ0v) is 27.2. The number of hydrogen-bond donors (Lipinski definition) is 1. The van der Waals surface area contributed by atoms with Crippen molar-refractivity contribution in [2.75, 3.05) is 0 Å². The number of allylic oxidation sites excluding steroid dienone is 4. The topological polar surface area (TPSA) is 30.1 Å². The molecule has 230 valence electrons. The Kier molecular flexibility index (Phi) is 5.60. The maximum absolute atomic E-state index is 6.88. The van der Waals surface area contributed by atoms with Gasteiger partial charge >= 0.3 is 0 Å². The summed E-state index contributed by atoms with van der Waals surface area (Å²) in [6.45, 7) is 0. The third-order valence-corrected chi connectivity index (χ3v) is 11.4. The molecule has 49 heavy (non-hydrogen) atoms. The van der Waals surface area contributed by atoms with Crippen LogP contribution in [0.5, 0.6) is 0 Å². The van der Waals surface area contributed by atoms with Crippen molar-refractivity contribution in [1.82, 2.24) is 9.88 Å². The number of thiophene rings is 1. The maximum Gasteiger partial charge on any atom is 0.159 e. The minimum atomic E-state index is 0.0903. The van der Waals surface area contributed by atoms with Crippen molar-refractivity contribution in [3.05, 3.63) is 174 Å². The highest BCUT2D eigenvalue weighted by Crippen LogP contribution is 2.45. The molecule has 3 aromatic heterocycles. The molecule has 0 radical (unpaired) electrons. The van der Waals surface area contributed by atoms with E-state index in [2.05, 4.69) is 168 Å². The molecule has 1 unspecified atom stereocenters. The van der Waals surface area contributed by atoms with Crippen molar-refractivity contribution in [3.8, 4) is 5.69 Å². The normalized spacial score (nSPS) is 16.0. The molecule has 9 aromatic rings. The fraction of sp³-hybridized carbons (Fsp3) is 0.0222. The number of fused-ring (bicyclic) bond motifs is 11.